The van der Waals surface area contributed by atoms with E-state index in [1.807, 2.05) is 24.3 Å². The van der Waals surface area contributed by atoms with Crippen LogP contribution in [0.1, 0.15) is 40.2 Å². The molecule has 0 saturated heterocycles. The van der Waals surface area contributed by atoms with Crippen LogP contribution in [0.15, 0.2) is 34.9 Å². The van der Waals surface area contributed by atoms with Gasteiger partial charge in [0.1, 0.15) is 11.4 Å². The second-order valence-electron chi connectivity index (χ2n) is 5.55. The van der Waals surface area contributed by atoms with E-state index in [0.717, 1.165) is 24.0 Å². The molecule has 2 N–H and O–H groups in total. The lowest BCUT2D eigenvalue weighted by Gasteiger charge is -2.34. The molecular weight excluding hydrogens is 268 g/mol. The standard InChI is InChI=1S/C16H18N2O3/c1-11-9-14(18-21-11)15(19)17-10-16(20)8-4-6-12-5-2-3-7-13(12)16/h2-3,5,7,9,20H,4,6,8,10H2,1H3,(H,17,19)/t16-/m0/s1. The Kier molecular flexibility index (Phi) is 3.51. The van der Waals surface area contributed by atoms with Gasteiger partial charge < -0.3 is 14.9 Å². The normalized spacial score (nSPS) is 20.9. The van der Waals surface area contributed by atoms with Crippen LogP contribution in [0.2, 0.25) is 0 Å². The molecule has 1 atom stereocenters. The van der Waals surface area contributed by atoms with Gasteiger partial charge in [-0.25, -0.2) is 0 Å². The lowest BCUT2D eigenvalue weighted by atomic mass is 9.79. The zero-order valence-corrected chi connectivity index (χ0v) is 11.9. The first kappa shape index (κ1) is 13.8. The molecule has 0 aliphatic heterocycles. The maximum atomic E-state index is 12.0. The molecule has 1 amide bonds. The number of fused-ring (bicyclic) bond motifs is 1. The molecule has 0 radical (unpaired) electrons. The topological polar surface area (TPSA) is 75.4 Å². The number of hydrogen-bond donors (Lipinski definition) is 2. The molecule has 3 rings (SSSR count). The number of benzene rings is 1. The number of aliphatic hydroxyl groups is 1. The first-order valence-corrected chi connectivity index (χ1v) is 7.11. The molecule has 110 valence electrons. The summed E-state index contributed by atoms with van der Waals surface area (Å²) in [5.74, 6) is 0.255. The van der Waals surface area contributed by atoms with Crippen LogP contribution < -0.4 is 5.32 Å². The summed E-state index contributed by atoms with van der Waals surface area (Å²) in [6.45, 7) is 1.91. The molecule has 1 heterocycles. The number of hydrogen-bond acceptors (Lipinski definition) is 4. The lowest BCUT2D eigenvalue weighted by molar-refractivity contribution is 0.0188. The van der Waals surface area contributed by atoms with E-state index in [0.29, 0.717) is 12.2 Å². The molecule has 0 saturated carbocycles. The van der Waals surface area contributed by atoms with E-state index >= 15 is 0 Å². The third-order valence-corrected chi connectivity index (χ3v) is 3.96. The fourth-order valence-corrected chi connectivity index (χ4v) is 2.87. The lowest BCUT2D eigenvalue weighted by Crippen LogP contribution is -2.43. The number of carbonyl (C=O) groups excluding carboxylic acids is 1. The molecule has 0 bridgehead atoms. The molecule has 1 aromatic carbocycles. The van der Waals surface area contributed by atoms with Crippen molar-refractivity contribution in [3.63, 3.8) is 0 Å². The molecule has 1 aliphatic carbocycles. The van der Waals surface area contributed by atoms with Crippen LogP contribution in [0.25, 0.3) is 0 Å². The highest BCUT2D eigenvalue weighted by atomic mass is 16.5. The third kappa shape index (κ3) is 2.69. The summed E-state index contributed by atoms with van der Waals surface area (Å²) in [6, 6.07) is 9.43. The van der Waals surface area contributed by atoms with Crippen LogP contribution >= 0.6 is 0 Å². The fourth-order valence-electron chi connectivity index (χ4n) is 2.87. The molecule has 5 heteroatoms. The van der Waals surface area contributed by atoms with Gasteiger partial charge in [-0.1, -0.05) is 29.4 Å². The average Bonchev–Trinajstić information content (AvgIpc) is 2.92. The van der Waals surface area contributed by atoms with Gasteiger partial charge in [-0.2, -0.15) is 0 Å². The van der Waals surface area contributed by atoms with Crippen molar-refractivity contribution in [3.05, 3.63) is 52.9 Å². The first-order valence-electron chi connectivity index (χ1n) is 7.11. The van der Waals surface area contributed by atoms with Crippen LogP contribution in [0.3, 0.4) is 0 Å². The maximum Gasteiger partial charge on any atom is 0.273 e. The van der Waals surface area contributed by atoms with Gasteiger partial charge in [0.25, 0.3) is 5.91 Å². The monoisotopic (exact) mass is 286 g/mol. The van der Waals surface area contributed by atoms with Gasteiger partial charge in [-0.15, -0.1) is 0 Å². The van der Waals surface area contributed by atoms with Gasteiger partial charge in [0.15, 0.2) is 5.69 Å². The second-order valence-corrected chi connectivity index (χ2v) is 5.55. The van der Waals surface area contributed by atoms with Crippen molar-refractivity contribution in [1.82, 2.24) is 10.5 Å². The van der Waals surface area contributed by atoms with Gasteiger partial charge in [-0.3, -0.25) is 4.79 Å². The van der Waals surface area contributed by atoms with Crippen molar-refractivity contribution in [1.29, 1.82) is 0 Å². The smallest absolute Gasteiger partial charge is 0.273 e. The zero-order chi connectivity index (χ0) is 14.9. The van der Waals surface area contributed by atoms with E-state index in [9.17, 15) is 9.90 Å². The number of aromatic nitrogens is 1. The summed E-state index contributed by atoms with van der Waals surface area (Å²) in [5.41, 5.74) is 1.29. The molecular formula is C16H18N2O3. The Hall–Kier alpha value is -2.14. The number of nitrogens with one attached hydrogen (secondary N) is 1. The quantitative estimate of drug-likeness (QED) is 0.904. The van der Waals surface area contributed by atoms with Gasteiger partial charge in [0, 0.05) is 6.07 Å². The van der Waals surface area contributed by atoms with E-state index in [1.54, 1.807) is 13.0 Å². The van der Waals surface area contributed by atoms with Gasteiger partial charge in [-0.05, 0) is 37.3 Å². The summed E-state index contributed by atoms with van der Waals surface area (Å²) >= 11 is 0. The van der Waals surface area contributed by atoms with Crippen molar-refractivity contribution >= 4 is 5.91 Å². The summed E-state index contributed by atoms with van der Waals surface area (Å²) < 4.78 is 4.89. The maximum absolute atomic E-state index is 12.0. The molecule has 2 aromatic rings. The second kappa shape index (κ2) is 5.33. The third-order valence-electron chi connectivity index (χ3n) is 3.96. The fraction of sp³-hybridized carbons (Fsp3) is 0.375. The Balaban J connectivity index is 1.74. The molecule has 5 nitrogen and oxygen atoms in total. The van der Waals surface area contributed by atoms with E-state index in [4.69, 9.17) is 4.52 Å². The Morgan fingerprint density at radius 3 is 3.05 bits per heavy atom. The minimum absolute atomic E-state index is 0.175. The largest absolute Gasteiger partial charge is 0.383 e. The van der Waals surface area contributed by atoms with E-state index in [1.165, 1.54) is 0 Å². The highest BCUT2D eigenvalue weighted by Gasteiger charge is 2.34. The van der Waals surface area contributed by atoms with Crippen LogP contribution in [0.5, 0.6) is 0 Å². The van der Waals surface area contributed by atoms with Gasteiger partial charge in [0.2, 0.25) is 0 Å². The molecule has 1 aliphatic rings. The van der Waals surface area contributed by atoms with E-state index in [2.05, 4.69) is 10.5 Å². The van der Waals surface area contributed by atoms with Gasteiger partial charge in [0.05, 0.1) is 6.54 Å². The molecule has 1 aromatic heterocycles. The number of nitrogens with zero attached hydrogens (tertiary/aromatic N) is 1. The van der Waals surface area contributed by atoms with Gasteiger partial charge >= 0.3 is 0 Å². The van der Waals surface area contributed by atoms with Crippen molar-refractivity contribution in [2.45, 2.75) is 31.8 Å². The van der Waals surface area contributed by atoms with E-state index in [-0.39, 0.29) is 18.1 Å². The number of rotatable bonds is 3. The van der Waals surface area contributed by atoms with Crippen molar-refractivity contribution in [2.75, 3.05) is 6.54 Å². The van der Waals surface area contributed by atoms with Crippen LogP contribution in [-0.2, 0) is 12.0 Å². The minimum Gasteiger partial charge on any atom is -0.383 e. The molecule has 0 fully saturated rings. The predicted octanol–water partition coefficient (Wildman–Crippen LogP) is 1.94. The Morgan fingerprint density at radius 2 is 2.29 bits per heavy atom. The van der Waals surface area contributed by atoms with Crippen LogP contribution in [0, 0.1) is 6.92 Å². The zero-order valence-electron chi connectivity index (χ0n) is 11.9. The highest BCUT2D eigenvalue weighted by molar-refractivity contribution is 5.92. The predicted molar refractivity (Wildman–Crippen MR) is 76.9 cm³/mol. The Labute approximate surface area is 123 Å². The van der Waals surface area contributed by atoms with Crippen molar-refractivity contribution in [3.8, 4) is 0 Å². The molecule has 0 unspecified atom stereocenters. The molecule has 0 spiro atoms. The van der Waals surface area contributed by atoms with E-state index < -0.39 is 5.60 Å². The van der Waals surface area contributed by atoms with Crippen molar-refractivity contribution in [2.24, 2.45) is 0 Å². The first-order chi connectivity index (χ1) is 10.1. The average molecular weight is 286 g/mol. The highest BCUT2D eigenvalue weighted by Crippen LogP contribution is 2.34. The summed E-state index contributed by atoms with van der Waals surface area (Å²) in [5, 5.41) is 17.3. The van der Waals surface area contributed by atoms with Crippen molar-refractivity contribution < 1.29 is 14.4 Å². The Morgan fingerprint density at radius 1 is 1.48 bits per heavy atom. The summed E-state index contributed by atoms with van der Waals surface area (Å²) in [4.78, 5) is 12.0. The molecule has 21 heavy (non-hydrogen) atoms. The van der Waals surface area contributed by atoms with Crippen LogP contribution in [-0.4, -0.2) is 22.7 Å². The minimum atomic E-state index is -1.01. The van der Waals surface area contributed by atoms with Crippen LogP contribution in [0.4, 0.5) is 0 Å². The number of amides is 1. The summed E-state index contributed by atoms with van der Waals surface area (Å²) in [6.07, 6.45) is 2.52. The number of aryl methyl sites for hydroxylation is 2. The SMILES string of the molecule is Cc1cc(C(=O)NC[C@@]2(O)CCCc3ccccc32)no1. The summed E-state index contributed by atoms with van der Waals surface area (Å²) in [7, 11) is 0. The number of carbonyl (C=O) groups is 1. The Bertz CT molecular complexity index is 665.